The van der Waals surface area contributed by atoms with Gasteiger partial charge < -0.3 is 15.0 Å². The molecule has 3 fully saturated rings. The van der Waals surface area contributed by atoms with Gasteiger partial charge in [0.2, 0.25) is 0 Å². The smallest absolute Gasteiger partial charge is 0.186 e. The van der Waals surface area contributed by atoms with E-state index < -0.39 is 0 Å². The first kappa shape index (κ1) is 13.0. The number of hydrogen-bond acceptors (Lipinski definition) is 5. The highest BCUT2D eigenvalue weighted by atomic mass is 32.1. The fourth-order valence-electron chi connectivity index (χ4n) is 3.39. The van der Waals surface area contributed by atoms with Crippen molar-refractivity contribution in [2.45, 2.75) is 63.8 Å². The minimum Gasteiger partial charge on any atom is -0.374 e. The van der Waals surface area contributed by atoms with Gasteiger partial charge in [0.05, 0.1) is 24.4 Å². The van der Waals surface area contributed by atoms with Crippen LogP contribution in [0.4, 0.5) is 5.13 Å². The number of thiazole rings is 1. The van der Waals surface area contributed by atoms with Crippen LogP contribution in [0.2, 0.25) is 0 Å². The Labute approximate surface area is 124 Å². The molecule has 2 aliphatic carbocycles. The Kier molecular flexibility index (Phi) is 3.44. The molecule has 1 aliphatic heterocycles. The maximum Gasteiger partial charge on any atom is 0.186 e. The Morgan fingerprint density at radius 1 is 1.35 bits per heavy atom. The lowest BCUT2D eigenvalue weighted by atomic mass is 10.1. The van der Waals surface area contributed by atoms with Crippen LogP contribution < -0.4 is 10.2 Å². The summed E-state index contributed by atoms with van der Waals surface area (Å²) in [6, 6.07) is 1.33. The van der Waals surface area contributed by atoms with Gasteiger partial charge in [0, 0.05) is 24.0 Å². The molecule has 0 spiro atoms. The quantitative estimate of drug-likeness (QED) is 0.925. The van der Waals surface area contributed by atoms with Gasteiger partial charge in [-0.05, 0) is 39.0 Å². The Hall–Kier alpha value is -0.650. The van der Waals surface area contributed by atoms with Crippen LogP contribution in [0.15, 0.2) is 0 Å². The monoisotopic (exact) mass is 293 g/mol. The number of morpholine rings is 1. The third kappa shape index (κ3) is 2.47. The minimum atomic E-state index is 0.445. The van der Waals surface area contributed by atoms with Gasteiger partial charge in [-0.2, -0.15) is 0 Å². The number of rotatable bonds is 4. The third-order valence-corrected chi connectivity index (χ3v) is 5.93. The molecule has 1 aromatic heterocycles. The first-order valence-corrected chi connectivity index (χ1v) is 8.71. The van der Waals surface area contributed by atoms with Gasteiger partial charge in [0.15, 0.2) is 5.13 Å². The van der Waals surface area contributed by atoms with E-state index in [4.69, 9.17) is 9.72 Å². The molecule has 20 heavy (non-hydrogen) atoms. The average molecular weight is 293 g/mol. The number of aromatic nitrogens is 1. The van der Waals surface area contributed by atoms with Crippen molar-refractivity contribution >= 4 is 16.5 Å². The number of nitrogens with zero attached hydrogens (tertiary/aromatic N) is 2. The molecular formula is C15H23N3OS. The van der Waals surface area contributed by atoms with E-state index in [2.05, 4.69) is 17.1 Å². The number of anilines is 1. The van der Waals surface area contributed by atoms with E-state index in [1.165, 1.54) is 47.8 Å². The number of aryl methyl sites for hydroxylation is 1. The third-order valence-electron chi connectivity index (χ3n) is 4.74. The van der Waals surface area contributed by atoms with Crippen LogP contribution in [-0.4, -0.2) is 36.3 Å². The lowest BCUT2D eigenvalue weighted by Gasteiger charge is -2.37. The number of fused-ring (bicyclic) bond motifs is 1. The molecule has 5 heteroatoms. The van der Waals surface area contributed by atoms with E-state index in [1.54, 1.807) is 0 Å². The molecule has 0 amide bonds. The Bertz CT molecular complexity index is 485. The molecule has 2 saturated carbocycles. The number of hydrogen-bond donors (Lipinski definition) is 1. The summed E-state index contributed by atoms with van der Waals surface area (Å²) in [5, 5.41) is 4.82. The van der Waals surface area contributed by atoms with Crippen LogP contribution in [0.1, 0.15) is 42.7 Å². The van der Waals surface area contributed by atoms with Crippen molar-refractivity contribution < 1.29 is 4.74 Å². The highest BCUT2D eigenvalue weighted by Crippen LogP contribution is 2.36. The van der Waals surface area contributed by atoms with E-state index in [9.17, 15) is 0 Å². The molecule has 1 saturated heterocycles. The minimum absolute atomic E-state index is 0.445. The van der Waals surface area contributed by atoms with Gasteiger partial charge in [-0.25, -0.2) is 4.98 Å². The van der Waals surface area contributed by atoms with Crippen molar-refractivity contribution in [1.29, 1.82) is 0 Å². The lowest BCUT2D eigenvalue weighted by Crippen LogP contribution is -2.48. The van der Waals surface area contributed by atoms with Gasteiger partial charge in [0.25, 0.3) is 0 Å². The van der Waals surface area contributed by atoms with Crippen LogP contribution in [0.3, 0.4) is 0 Å². The van der Waals surface area contributed by atoms with Crippen LogP contribution in [0, 0.1) is 6.92 Å². The van der Waals surface area contributed by atoms with Gasteiger partial charge in [-0.3, -0.25) is 0 Å². The zero-order valence-corrected chi connectivity index (χ0v) is 12.9. The molecule has 0 aromatic carbocycles. The summed E-state index contributed by atoms with van der Waals surface area (Å²) in [6.45, 7) is 5.00. The fourth-order valence-corrected chi connectivity index (χ4v) is 4.48. The molecule has 2 unspecified atom stereocenters. The lowest BCUT2D eigenvalue weighted by molar-refractivity contribution is 0.0256. The number of nitrogens with one attached hydrogen (secondary N) is 1. The van der Waals surface area contributed by atoms with E-state index >= 15 is 0 Å². The maximum absolute atomic E-state index is 5.90. The fraction of sp³-hybridized carbons (Fsp3) is 0.800. The summed E-state index contributed by atoms with van der Waals surface area (Å²) in [5.41, 5.74) is 1.21. The zero-order chi connectivity index (χ0) is 13.5. The predicted molar refractivity (Wildman–Crippen MR) is 81.4 cm³/mol. The molecule has 4 nitrogen and oxygen atoms in total. The standard InChI is InChI=1S/C15H23N3OS/c1-10-14(9-16-11-5-6-11)20-15(17-10)18-7-8-19-13-4-2-3-12(13)18/h11-13,16H,2-9H2,1H3. The van der Waals surface area contributed by atoms with Crippen molar-refractivity contribution in [3.8, 4) is 0 Å². The van der Waals surface area contributed by atoms with Crippen LogP contribution in [0.5, 0.6) is 0 Å². The molecule has 110 valence electrons. The van der Waals surface area contributed by atoms with Crippen molar-refractivity contribution in [2.24, 2.45) is 0 Å². The maximum atomic E-state index is 5.90. The van der Waals surface area contributed by atoms with E-state index in [0.717, 1.165) is 25.7 Å². The first-order valence-electron chi connectivity index (χ1n) is 7.89. The normalized spacial score (nSPS) is 29.8. The molecule has 2 atom stereocenters. The van der Waals surface area contributed by atoms with E-state index in [-0.39, 0.29) is 0 Å². The molecule has 4 rings (SSSR count). The summed E-state index contributed by atoms with van der Waals surface area (Å²) in [4.78, 5) is 8.77. The van der Waals surface area contributed by atoms with Crippen molar-refractivity contribution in [3.05, 3.63) is 10.6 Å². The average Bonchev–Trinajstić information content (AvgIpc) is 3.02. The summed E-state index contributed by atoms with van der Waals surface area (Å²) >= 11 is 1.88. The largest absolute Gasteiger partial charge is 0.374 e. The molecule has 1 aromatic rings. The van der Waals surface area contributed by atoms with Crippen LogP contribution in [0.25, 0.3) is 0 Å². The zero-order valence-electron chi connectivity index (χ0n) is 12.1. The Morgan fingerprint density at radius 2 is 2.25 bits per heavy atom. The second kappa shape index (κ2) is 5.28. The first-order chi connectivity index (χ1) is 9.81. The molecular weight excluding hydrogens is 270 g/mol. The SMILES string of the molecule is Cc1nc(N2CCOC3CCCC32)sc1CNC1CC1. The second-order valence-corrected chi connectivity index (χ2v) is 7.32. The highest BCUT2D eigenvalue weighted by molar-refractivity contribution is 7.15. The van der Waals surface area contributed by atoms with Crippen LogP contribution in [-0.2, 0) is 11.3 Å². The van der Waals surface area contributed by atoms with Gasteiger partial charge in [-0.15, -0.1) is 11.3 Å². The summed E-state index contributed by atoms with van der Waals surface area (Å²) in [5.74, 6) is 0. The summed E-state index contributed by atoms with van der Waals surface area (Å²) < 4.78 is 5.90. The highest BCUT2D eigenvalue weighted by Gasteiger charge is 2.37. The Balaban J connectivity index is 1.50. The van der Waals surface area contributed by atoms with Crippen molar-refractivity contribution in [3.63, 3.8) is 0 Å². The molecule has 0 radical (unpaired) electrons. The van der Waals surface area contributed by atoms with Crippen LogP contribution >= 0.6 is 11.3 Å². The van der Waals surface area contributed by atoms with Crippen molar-refractivity contribution in [2.75, 3.05) is 18.1 Å². The predicted octanol–water partition coefficient (Wildman–Crippen LogP) is 2.46. The topological polar surface area (TPSA) is 37.4 Å². The van der Waals surface area contributed by atoms with Gasteiger partial charge in [0.1, 0.15) is 0 Å². The summed E-state index contributed by atoms with van der Waals surface area (Å²) in [6.07, 6.45) is 6.92. The molecule has 2 heterocycles. The molecule has 3 aliphatic rings. The van der Waals surface area contributed by atoms with E-state index in [0.29, 0.717) is 12.1 Å². The second-order valence-electron chi connectivity index (χ2n) is 6.26. The van der Waals surface area contributed by atoms with Crippen molar-refractivity contribution in [1.82, 2.24) is 10.3 Å². The van der Waals surface area contributed by atoms with Gasteiger partial charge in [-0.1, -0.05) is 0 Å². The van der Waals surface area contributed by atoms with E-state index in [1.807, 2.05) is 11.3 Å². The molecule has 1 N–H and O–H groups in total. The molecule has 0 bridgehead atoms. The van der Waals surface area contributed by atoms with Gasteiger partial charge >= 0.3 is 0 Å². The summed E-state index contributed by atoms with van der Waals surface area (Å²) in [7, 11) is 0. The Morgan fingerprint density at radius 3 is 3.10 bits per heavy atom. The number of ether oxygens (including phenoxy) is 1.